The number of rotatable bonds is 10. The Morgan fingerprint density at radius 2 is 1.68 bits per heavy atom. The summed E-state index contributed by atoms with van der Waals surface area (Å²) >= 11 is 1.87. The number of piperidine rings is 1. The smallest absolute Gasteiger partial charge is 0.328 e. The van der Waals surface area contributed by atoms with Crippen molar-refractivity contribution in [2.24, 2.45) is 4.99 Å². The van der Waals surface area contributed by atoms with Crippen LogP contribution in [0.15, 0.2) is 71.7 Å². The van der Waals surface area contributed by atoms with Crippen LogP contribution in [0, 0.1) is 0 Å². The molecule has 0 aliphatic carbocycles. The molecule has 0 bridgehead atoms. The molecule has 2 aliphatic rings. The van der Waals surface area contributed by atoms with Crippen molar-refractivity contribution in [3.8, 4) is 0 Å². The summed E-state index contributed by atoms with van der Waals surface area (Å²) in [6.45, 7) is 5.17. The summed E-state index contributed by atoms with van der Waals surface area (Å²) < 4.78 is 5.84. The van der Waals surface area contributed by atoms with Crippen molar-refractivity contribution in [1.82, 2.24) is 9.80 Å². The zero-order valence-electron chi connectivity index (χ0n) is 21.9. The van der Waals surface area contributed by atoms with Crippen LogP contribution in [0.25, 0.3) is 0 Å². The minimum atomic E-state index is -1.26. The largest absolute Gasteiger partial charge is 0.478 e. The van der Waals surface area contributed by atoms with Crippen molar-refractivity contribution < 1.29 is 24.5 Å². The Balaban J connectivity index is 0.000000436. The molecule has 2 heterocycles. The van der Waals surface area contributed by atoms with Gasteiger partial charge in [0.1, 0.15) is 0 Å². The highest BCUT2D eigenvalue weighted by atomic mass is 32.2. The van der Waals surface area contributed by atoms with Crippen molar-refractivity contribution in [1.29, 1.82) is 0 Å². The fourth-order valence-corrected chi connectivity index (χ4v) is 5.40. The summed E-state index contributed by atoms with van der Waals surface area (Å²) in [5.74, 6) is -1.48. The van der Waals surface area contributed by atoms with Gasteiger partial charge in [-0.05, 0) is 42.9 Å². The van der Waals surface area contributed by atoms with Gasteiger partial charge in [-0.2, -0.15) is 0 Å². The molecular weight excluding hydrogens is 502 g/mol. The van der Waals surface area contributed by atoms with E-state index in [-0.39, 0.29) is 0 Å². The molecule has 1 saturated heterocycles. The van der Waals surface area contributed by atoms with Crippen LogP contribution in [-0.4, -0.2) is 83.1 Å². The summed E-state index contributed by atoms with van der Waals surface area (Å²) in [6.07, 6.45) is 5.67. The number of nitrogens with zero attached hydrogens (tertiary/aromatic N) is 3. The lowest BCUT2D eigenvalue weighted by Crippen LogP contribution is -2.45. The number of aliphatic carboxylic acids is 2. The Bertz CT molecular complexity index is 1070. The van der Waals surface area contributed by atoms with Gasteiger partial charge in [0.2, 0.25) is 0 Å². The van der Waals surface area contributed by atoms with Crippen LogP contribution in [-0.2, 0) is 26.5 Å². The number of aliphatic imine (C=N–C) groups is 1. The van der Waals surface area contributed by atoms with Gasteiger partial charge < -0.3 is 24.7 Å². The van der Waals surface area contributed by atoms with Crippen LogP contribution < -0.4 is 0 Å². The van der Waals surface area contributed by atoms with E-state index in [1.165, 1.54) is 42.2 Å². The second-order valence-electron chi connectivity index (χ2n) is 9.21. The van der Waals surface area contributed by atoms with Gasteiger partial charge in [0.25, 0.3) is 0 Å². The van der Waals surface area contributed by atoms with Crippen LogP contribution in [0.1, 0.15) is 30.4 Å². The monoisotopic (exact) mass is 539 g/mol. The first-order valence-corrected chi connectivity index (χ1v) is 13.9. The molecule has 0 aromatic heterocycles. The molecule has 0 atom stereocenters. The summed E-state index contributed by atoms with van der Waals surface area (Å²) in [4.78, 5) is 29.0. The van der Waals surface area contributed by atoms with Gasteiger partial charge in [-0.1, -0.05) is 60.3 Å². The lowest BCUT2D eigenvalue weighted by molar-refractivity contribution is -0.134. The Kier molecular flexibility index (Phi) is 12.4. The Morgan fingerprint density at radius 1 is 1.03 bits per heavy atom. The predicted molar refractivity (Wildman–Crippen MR) is 152 cm³/mol. The van der Waals surface area contributed by atoms with E-state index in [1.54, 1.807) is 0 Å². The molecule has 2 aromatic rings. The molecule has 4 rings (SSSR count). The number of carboxylic acids is 2. The van der Waals surface area contributed by atoms with Crippen LogP contribution in [0.2, 0.25) is 0 Å². The van der Waals surface area contributed by atoms with E-state index >= 15 is 0 Å². The molecule has 2 aromatic carbocycles. The van der Waals surface area contributed by atoms with E-state index in [4.69, 9.17) is 19.9 Å². The van der Waals surface area contributed by atoms with Crippen molar-refractivity contribution in [3.63, 3.8) is 0 Å². The highest BCUT2D eigenvalue weighted by Gasteiger charge is 2.26. The van der Waals surface area contributed by atoms with Crippen molar-refractivity contribution >= 4 is 34.6 Å². The number of carboxylic acid groups (broad SMARTS) is 2. The summed E-state index contributed by atoms with van der Waals surface area (Å²) in [5, 5.41) is 16.8. The molecule has 2 aliphatic heterocycles. The Labute approximate surface area is 229 Å². The molecule has 38 heavy (non-hydrogen) atoms. The van der Waals surface area contributed by atoms with Gasteiger partial charge in [0.15, 0.2) is 5.17 Å². The summed E-state index contributed by atoms with van der Waals surface area (Å²) in [7, 11) is 2.22. The average molecular weight is 540 g/mol. The van der Waals surface area contributed by atoms with Gasteiger partial charge in [0, 0.05) is 57.2 Å². The molecule has 0 unspecified atom stereocenters. The summed E-state index contributed by atoms with van der Waals surface area (Å²) in [6, 6.07) is 19.7. The molecule has 0 spiro atoms. The van der Waals surface area contributed by atoms with E-state index < -0.39 is 11.9 Å². The second-order valence-corrected chi connectivity index (χ2v) is 10.1. The molecule has 0 saturated carbocycles. The van der Waals surface area contributed by atoms with Gasteiger partial charge in [0.05, 0.1) is 12.3 Å². The van der Waals surface area contributed by atoms with E-state index in [0.29, 0.717) is 18.2 Å². The number of carbonyl (C=O) groups is 2. The maximum Gasteiger partial charge on any atom is 0.328 e. The van der Waals surface area contributed by atoms with Gasteiger partial charge in [-0.25, -0.2) is 14.6 Å². The Hall–Kier alpha value is -3.14. The molecule has 0 amide bonds. The van der Waals surface area contributed by atoms with E-state index in [1.807, 2.05) is 11.8 Å². The highest BCUT2D eigenvalue weighted by Crippen LogP contribution is 2.32. The quantitative estimate of drug-likeness (QED) is 0.332. The van der Waals surface area contributed by atoms with E-state index in [0.717, 1.165) is 44.0 Å². The third kappa shape index (κ3) is 10.3. The van der Waals surface area contributed by atoms with Gasteiger partial charge >= 0.3 is 11.9 Å². The molecule has 1 fully saturated rings. The number of ether oxygens (including phenoxy) is 1. The predicted octanol–water partition coefficient (Wildman–Crippen LogP) is 4.68. The lowest BCUT2D eigenvalue weighted by Gasteiger charge is -2.38. The third-order valence-electron chi connectivity index (χ3n) is 6.48. The van der Waals surface area contributed by atoms with Crippen molar-refractivity contribution in [3.05, 3.63) is 77.9 Å². The number of hydrogen-bond acceptors (Lipinski definition) is 7. The minimum Gasteiger partial charge on any atom is -0.478 e. The molecular formula is C29H37N3O5S. The molecule has 0 radical (unpaired) electrons. The first kappa shape index (κ1) is 29.4. The Morgan fingerprint density at radius 3 is 2.37 bits per heavy atom. The van der Waals surface area contributed by atoms with E-state index in [9.17, 15) is 9.59 Å². The maximum absolute atomic E-state index is 9.55. The van der Waals surface area contributed by atoms with Crippen LogP contribution in [0.4, 0.5) is 5.69 Å². The van der Waals surface area contributed by atoms with Crippen LogP contribution in [0.5, 0.6) is 0 Å². The molecule has 2 N–H and O–H groups in total. The number of amidine groups is 1. The third-order valence-corrected chi connectivity index (χ3v) is 7.57. The second kappa shape index (κ2) is 16.0. The first-order valence-electron chi connectivity index (χ1n) is 12.9. The maximum atomic E-state index is 9.55. The van der Waals surface area contributed by atoms with E-state index in [2.05, 4.69) is 71.4 Å². The molecule has 204 valence electrons. The SMILES string of the molecule is CN(C1=Nc2ccccc2CS1)C1CCN(CCCOCCc2ccccc2)CC1.O=C(O)C=CC(=O)O. The number of thioether (sulfide) groups is 1. The fourth-order valence-electron chi connectivity index (χ4n) is 4.36. The standard InChI is InChI=1S/C25H33N3OS.C4H4O4/c1-27(25-26-24-11-6-5-10-22(24)20-30-25)23-12-16-28(17-13-23)15-7-18-29-19-14-21-8-3-2-4-9-21;5-3(6)1-2-4(7)8/h2-6,8-11,23H,7,12-20H2,1H3;1-2H,(H,5,6)(H,7,8). The molecule has 9 heteroatoms. The number of hydrogen-bond donors (Lipinski definition) is 2. The topological polar surface area (TPSA) is 103 Å². The number of para-hydroxylation sites is 1. The summed E-state index contributed by atoms with van der Waals surface area (Å²) in [5.41, 5.74) is 3.84. The van der Waals surface area contributed by atoms with Gasteiger partial charge in [-0.3, -0.25) is 0 Å². The van der Waals surface area contributed by atoms with Gasteiger partial charge in [-0.15, -0.1) is 0 Å². The highest BCUT2D eigenvalue weighted by molar-refractivity contribution is 8.13. The normalized spacial score (nSPS) is 15.8. The fraction of sp³-hybridized carbons (Fsp3) is 0.414. The number of benzene rings is 2. The average Bonchev–Trinajstić information content (AvgIpc) is 2.94. The minimum absolute atomic E-state index is 0.558. The zero-order chi connectivity index (χ0) is 27.2. The van der Waals surface area contributed by atoms with Crippen molar-refractivity contribution in [2.45, 2.75) is 37.5 Å². The lowest BCUT2D eigenvalue weighted by atomic mass is 10.0. The van der Waals surface area contributed by atoms with Crippen LogP contribution >= 0.6 is 11.8 Å². The zero-order valence-corrected chi connectivity index (χ0v) is 22.7. The van der Waals surface area contributed by atoms with Crippen LogP contribution in [0.3, 0.4) is 0 Å². The first-order chi connectivity index (χ1) is 18.4. The number of likely N-dealkylation sites (tertiary alicyclic amines) is 1. The number of fused-ring (bicyclic) bond motifs is 1. The molecule has 8 nitrogen and oxygen atoms in total. The van der Waals surface area contributed by atoms with Crippen molar-refractivity contribution in [2.75, 3.05) is 39.9 Å².